The van der Waals surface area contributed by atoms with Crippen LogP contribution in [0, 0.1) is 6.92 Å². The van der Waals surface area contributed by atoms with Crippen LogP contribution in [0.1, 0.15) is 23.9 Å². The lowest BCUT2D eigenvalue weighted by Crippen LogP contribution is -2.03. The molecule has 2 N–H and O–H groups in total. The third-order valence-corrected chi connectivity index (χ3v) is 3.66. The minimum Gasteiger partial charge on any atom is -0.384 e. The van der Waals surface area contributed by atoms with E-state index in [1.54, 1.807) is 17.8 Å². The summed E-state index contributed by atoms with van der Waals surface area (Å²) in [7, 11) is 0. The van der Waals surface area contributed by atoms with E-state index in [4.69, 9.17) is 10.5 Å². The number of nitrogens with two attached hydrogens (primary N) is 1. The summed E-state index contributed by atoms with van der Waals surface area (Å²) in [5, 5.41) is 0.883. The van der Waals surface area contributed by atoms with Crippen LogP contribution in [-0.2, 0) is 17.1 Å². The zero-order chi connectivity index (χ0) is 14.4. The van der Waals surface area contributed by atoms with Gasteiger partial charge in [0.25, 0.3) is 0 Å². The number of thioether (sulfide) groups is 1. The van der Waals surface area contributed by atoms with E-state index in [1.165, 1.54) is 11.1 Å². The fourth-order valence-corrected chi connectivity index (χ4v) is 2.65. The first kappa shape index (κ1) is 14.8. The minimum absolute atomic E-state index is 0.402. The van der Waals surface area contributed by atoms with Crippen molar-refractivity contribution in [3.63, 3.8) is 0 Å². The van der Waals surface area contributed by atoms with Crippen LogP contribution in [0.15, 0.2) is 35.4 Å². The first-order chi connectivity index (χ1) is 9.67. The Labute approximate surface area is 123 Å². The lowest BCUT2D eigenvalue weighted by atomic mass is 10.2. The Hall–Kier alpha value is -1.59. The van der Waals surface area contributed by atoms with Gasteiger partial charge in [-0.1, -0.05) is 29.8 Å². The van der Waals surface area contributed by atoms with Gasteiger partial charge in [-0.15, -0.1) is 11.8 Å². The number of nitrogens with zero attached hydrogens (tertiary/aromatic N) is 2. The van der Waals surface area contributed by atoms with Gasteiger partial charge in [-0.05, 0) is 19.4 Å². The van der Waals surface area contributed by atoms with E-state index in [0.29, 0.717) is 24.9 Å². The Kier molecular flexibility index (Phi) is 5.38. The first-order valence-electron chi connectivity index (χ1n) is 6.57. The van der Waals surface area contributed by atoms with Crippen molar-refractivity contribution in [2.75, 3.05) is 12.3 Å². The first-order valence-corrected chi connectivity index (χ1v) is 7.55. The van der Waals surface area contributed by atoms with Gasteiger partial charge in [0, 0.05) is 18.4 Å². The standard InChI is InChI=1S/C15H19N3OS/c1-3-19-9-14-17-13(16)8-15(18-14)20-10-12-6-4-5-11(2)7-12/h4-8H,3,9-10H2,1-2H3,(H2,16,17,18). The van der Waals surface area contributed by atoms with E-state index < -0.39 is 0 Å². The second-order valence-electron chi connectivity index (χ2n) is 4.46. The highest BCUT2D eigenvalue weighted by Crippen LogP contribution is 2.22. The fraction of sp³-hybridized carbons (Fsp3) is 0.333. The number of aryl methyl sites for hydroxylation is 1. The molecule has 0 saturated carbocycles. The Morgan fingerprint density at radius 1 is 1.25 bits per heavy atom. The zero-order valence-corrected chi connectivity index (χ0v) is 12.6. The summed E-state index contributed by atoms with van der Waals surface area (Å²) >= 11 is 1.66. The number of anilines is 1. The monoisotopic (exact) mass is 289 g/mol. The van der Waals surface area contributed by atoms with Crippen molar-refractivity contribution in [3.05, 3.63) is 47.3 Å². The van der Waals surface area contributed by atoms with Crippen LogP contribution >= 0.6 is 11.8 Å². The fourth-order valence-electron chi connectivity index (χ4n) is 1.78. The molecule has 20 heavy (non-hydrogen) atoms. The van der Waals surface area contributed by atoms with Crippen LogP contribution in [0.3, 0.4) is 0 Å². The van der Waals surface area contributed by atoms with E-state index in [1.807, 2.05) is 6.92 Å². The summed E-state index contributed by atoms with van der Waals surface area (Å²) in [6.07, 6.45) is 0. The van der Waals surface area contributed by atoms with Crippen molar-refractivity contribution < 1.29 is 4.74 Å². The molecule has 0 radical (unpaired) electrons. The Bertz CT molecular complexity index is 575. The van der Waals surface area contributed by atoms with Crippen molar-refractivity contribution in [1.82, 2.24) is 9.97 Å². The topological polar surface area (TPSA) is 61.0 Å². The van der Waals surface area contributed by atoms with Crippen LogP contribution < -0.4 is 5.73 Å². The van der Waals surface area contributed by atoms with Gasteiger partial charge in [-0.2, -0.15) is 0 Å². The Balaban J connectivity index is 2.03. The van der Waals surface area contributed by atoms with Crippen molar-refractivity contribution >= 4 is 17.6 Å². The van der Waals surface area contributed by atoms with E-state index in [9.17, 15) is 0 Å². The van der Waals surface area contributed by atoms with Gasteiger partial charge in [0.15, 0.2) is 5.82 Å². The van der Waals surface area contributed by atoms with Crippen LogP contribution in [0.25, 0.3) is 0 Å². The summed E-state index contributed by atoms with van der Waals surface area (Å²) in [5.41, 5.74) is 8.35. The molecule has 0 amide bonds. The molecule has 0 spiro atoms. The number of benzene rings is 1. The lowest BCUT2D eigenvalue weighted by molar-refractivity contribution is 0.128. The maximum Gasteiger partial charge on any atom is 0.157 e. The van der Waals surface area contributed by atoms with Crippen molar-refractivity contribution in [2.45, 2.75) is 31.2 Å². The maximum atomic E-state index is 5.80. The van der Waals surface area contributed by atoms with Gasteiger partial charge in [-0.25, -0.2) is 9.97 Å². The summed E-state index contributed by atoms with van der Waals surface area (Å²) in [6, 6.07) is 10.3. The number of hydrogen-bond acceptors (Lipinski definition) is 5. The van der Waals surface area contributed by atoms with Crippen molar-refractivity contribution in [1.29, 1.82) is 0 Å². The van der Waals surface area contributed by atoms with Gasteiger partial charge < -0.3 is 10.5 Å². The van der Waals surface area contributed by atoms with Crippen LogP contribution in [-0.4, -0.2) is 16.6 Å². The van der Waals surface area contributed by atoms with Crippen molar-refractivity contribution in [2.24, 2.45) is 0 Å². The number of hydrogen-bond donors (Lipinski definition) is 1. The molecule has 0 aliphatic rings. The van der Waals surface area contributed by atoms with Crippen LogP contribution in [0.4, 0.5) is 5.82 Å². The maximum absolute atomic E-state index is 5.80. The second kappa shape index (κ2) is 7.26. The molecule has 2 aromatic rings. The van der Waals surface area contributed by atoms with E-state index in [-0.39, 0.29) is 0 Å². The summed E-state index contributed by atoms with van der Waals surface area (Å²) in [5.74, 6) is 1.99. The normalized spacial score (nSPS) is 10.7. The van der Waals surface area contributed by atoms with Gasteiger partial charge in [0.2, 0.25) is 0 Å². The molecular formula is C15H19N3OS. The quantitative estimate of drug-likeness (QED) is 0.653. The zero-order valence-electron chi connectivity index (χ0n) is 11.8. The summed E-state index contributed by atoms with van der Waals surface area (Å²) in [4.78, 5) is 8.62. The Morgan fingerprint density at radius 3 is 2.85 bits per heavy atom. The predicted molar refractivity (Wildman–Crippen MR) is 82.5 cm³/mol. The largest absolute Gasteiger partial charge is 0.384 e. The molecule has 0 bridgehead atoms. The van der Waals surface area contributed by atoms with Crippen molar-refractivity contribution in [3.8, 4) is 0 Å². The molecule has 0 saturated heterocycles. The predicted octanol–water partition coefficient (Wildman–Crippen LogP) is 3.20. The molecule has 106 valence electrons. The second-order valence-corrected chi connectivity index (χ2v) is 5.46. The molecule has 0 fully saturated rings. The molecule has 4 nitrogen and oxygen atoms in total. The van der Waals surface area contributed by atoms with Crippen LogP contribution in [0.5, 0.6) is 0 Å². The third-order valence-electron chi connectivity index (χ3n) is 2.67. The van der Waals surface area contributed by atoms with E-state index in [0.717, 1.165) is 10.8 Å². The third kappa shape index (κ3) is 4.51. The van der Waals surface area contributed by atoms with Gasteiger partial charge >= 0.3 is 0 Å². The molecular weight excluding hydrogens is 270 g/mol. The minimum atomic E-state index is 0.402. The van der Waals surface area contributed by atoms with Gasteiger partial charge in [0.1, 0.15) is 17.5 Å². The van der Waals surface area contributed by atoms with Gasteiger partial charge in [0.05, 0.1) is 0 Å². The molecule has 1 aromatic carbocycles. The highest BCUT2D eigenvalue weighted by molar-refractivity contribution is 7.98. The molecule has 5 heteroatoms. The molecule has 0 aliphatic heterocycles. The lowest BCUT2D eigenvalue weighted by Gasteiger charge is -2.06. The molecule has 1 aromatic heterocycles. The molecule has 0 aliphatic carbocycles. The number of ether oxygens (including phenoxy) is 1. The van der Waals surface area contributed by atoms with E-state index in [2.05, 4.69) is 41.2 Å². The molecule has 0 atom stereocenters. The highest BCUT2D eigenvalue weighted by atomic mass is 32.2. The number of aromatic nitrogens is 2. The Morgan fingerprint density at radius 2 is 2.10 bits per heavy atom. The number of nitrogen functional groups attached to an aromatic ring is 1. The molecule has 2 rings (SSSR count). The average molecular weight is 289 g/mol. The number of rotatable bonds is 6. The average Bonchev–Trinajstić information content (AvgIpc) is 2.42. The van der Waals surface area contributed by atoms with Gasteiger partial charge in [-0.3, -0.25) is 0 Å². The highest BCUT2D eigenvalue weighted by Gasteiger charge is 2.04. The smallest absolute Gasteiger partial charge is 0.157 e. The SMILES string of the molecule is CCOCc1nc(N)cc(SCc2cccc(C)c2)n1. The summed E-state index contributed by atoms with van der Waals surface area (Å²) < 4.78 is 5.32. The van der Waals surface area contributed by atoms with Crippen LogP contribution in [0.2, 0.25) is 0 Å². The van der Waals surface area contributed by atoms with E-state index >= 15 is 0 Å². The molecule has 0 unspecified atom stereocenters. The molecule has 1 heterocycles. The summed E-state index contributed by atoms with van der Waals surface area (Å²) in [6.45, 7) is 5.08.